The van der Waals surface area contributed by atoms with E-state index in [4.69, 9.17) is 4.74 Å². The van der Waals surface area contributed by atoms with Crippen molar-refractivity contribution in [3.05, 3.63) is 53.6 Å². The molecular formula is C20H26N2O4S. The lowest BCUT2D eigenvalue weighted by atomic mass is 10.1. The van der Waals surface area contributed by atoms with Crippen molar-refractivity contribution in [2.24, 2.45) is 0 Å². The van der Waals surface area contributed by atoms with E-state index < -0.39 is 16.1 Å². The van der Waals surface area contributed by atoms with Crippen LogP contribution < -0.4 is 14.4 Å². The van der Waals surface area contributed by atoms with Gasteiger partial charge >= 0.3 is 0 Å². The van der Waals surface area contributed by atoms with Gasteiger partial charge in [0.25, 0.3) is 0 Å². The molecule has 0 aliphatic rings. The van der Waals surface area contributed by atoms with Crippen molar-refractivity contribution in [1.29, 1.82) is 0 Å². The number of anilines is 2. The summed E-state index contributed by atoms with van der Waals surface area (Å²) in [6.07, 6.45) is 1.42. The van der Waals surface area contributed by atoms with Crippen LogP contribution in [0.25, 0.3) is 0 Å². The summed E-state index contributed by atoms with van der Waals surface area (Å²) in [4.78, 5) is 12.9. The Balaban J connectivity index is 2.39. The molecule has 1 N–H and O–H groups in total. The Morgan fingerprint density at radius 3 is 2.41 bits per heavy atom. The number of nitrogens with one attached hydrogen (secondary N) is 1. The quantitative estimate of drug-likeness (QED) is 0.785. The second-order valence-corrected chi connectivity index (χ2v) is 8.33. The van der Waals surface area contributed by atoms with E-state index in [1.807, 2.05) is 32.0 Å². The van der Waals surface area contributed by atoms with Crippen LogP contribution in [0.3, 0.4) is 0 Å². The van der Waals surface area contributed by atoms with Crippen LogP contribution in [0.5, 0.6) is 5.75 Å². The fraction of sp³-hybridized carbons (Fsp3) is 0.350. The number of ether oxygens (including phenoxy) is 1. The summed E-state index contributed by atoms with van der Waals surface area (Å²) < 4.78 is 31.3. The zero-order valence-electron chi connectivity index (χ0n) is 16.3. The second-order valence-electron chi connectivity index (χ2n) is 6.47. The average Bonchev–Trinajstić information content (AvgIpc) is 2.61. The number of sulfonamides is 1. The number of hydrogen-bond donors (Lipinski definition) is 1. The Morgan fingerprint density at radius 2 is 1.85 bits per heavy atom. The highest BCUT2D eigenvalue weighted by molar-refractivity contribution is 7.92. The van der Waals surface area contributed by atoms with Crippen molar-refractivity contribution in [2.75, 3.05) is 23.0 Å². The van der Waals surface area contributed by atoms with Gasteiger partial charge in [0.05, 0.1) is 19.1 Å². The topological polar surface area (TPSA) is 75.7 Å². The third kappa shape index (κ3) is 5.01. The third-order valence-corrected chi connectivity index (χ3v) is 5.59. The van der Waals surface area contributed by atoms with Crippen LogP contribution in [0.1, 0.15) is 24.5 Å². The monoisotopic (exact) mass is 390 g/mol. The van der Waals surface area contributed by atoms with E-state index in [2.05, 4.69) is 5.32 Å². The molecule has 0 aromatic heterocycles. The number of carbonyl (C=O) groups is 1. The molecule has 0 saturated carbocycles. The number of benzene rings is 2. The molecule has 7 heteroatoms. The van der Waals surface area contributed by atoms with E-state index in [1.165, 1.54) is 7.11 Å². The van der Waals surface area contributed by atoms with Gasteiger partial charge < -0.3 is 10.1 Å². The van der Waals surface area contributed by atoms with Gasteiger partial charge in [0.1, 0.15) is 11.8 Å². The number of hydrogen-bond acceptors (Lipinski definition) is 4. The van der Waals surface area contributed by atoms with E-state index in [-0.39, 0.29) is 5.91 Å². The molecular weight excluding hydrogens is 364 g/mol. The highest BCUT2D eigenvalue weighted by Crippen LogP contribution is 2.27. The predicted octanol–water partition coefficient (Wildman–Crippen LogP) is 3.50. The van der Waals surface area contributed by atoms with Gasteiger partial charge in [-0.3, -0.25) is 9.10 Å². The SMILES string of the molecule is CCC(C(=O)Nc1ccc(C)c(C)c1)N(c1cccc(OC)c1)S(C)(=O)=O. The van der Waals surface area contributed by atoms with Crippen LogP contribution in [0.2, 0.25) is 0 Å². The summed E-state index contributed by atoms with van der Waals surface area (Å²) in [6, 6.07) is 11.4. The summed E-state index contributed by atoms with van der Waals surface area (Å²) in [7, 11) is -2.18. The second kappa shape index (κ2) is 8.43. The molecule has 0 heterocycles. The zero-order valence-corrected chi connectivity index (χ0v) is 17.1. The standard InChI is InChI=1S/C20H26N2O4S/c1-6-19(20(23)21-16-11-10-14(2)15(3)12-16)22(27(5,24)25)17-8-7-9-18(13-17)26-4/h7-13,19H,6H2,1-5H3,(H,21,23). The number of rotatable bonds is 7. The maximum atomic E-state index is 12.9. The van der Waals surface area contributed by atoms with Crippen molar-refractivity contribution in [2.45, 2.75) is 33.2 Å². The molecule has 0 bridgehead atoms. The number of nitrogens with zero attached hydrogens (tertiary/aromatic N) is 1. The van der Waals surface area contributed by atoms with Crippen LogP contribution in [-0.2, 0) is 14.8 Å². The normalized spacial score (nSPS) is 12.3. The highest BCUT2D eigenvalue weighted by Gasteiger charge is 2.31. The Labute approximate surface area is 161 Å². The first-order valence-electron chi connectivity index (χ1n) is 8.69. The Hall–Kier alpha value is -2.54. The van der Waals surface area contributed by atoms with Crippen LogP contribution in [0.4, 0.5) is 11.4 Å². The Bertz CT molecular complexity index is 925. The molecule has 27 heavy (non-hydrogen) atoms. The lowest BCUT2D eigenvalue weighted by Crippen LogP contribution is -2.47. The van der Waals surface area contributed by atoms with Crippen LogP contribution in [0.15, 0.2) is 42.5 Å². The van der Waals surface area contributed by atoms with Gasteiger partial charge in [-0.1, -0.05) is 19.1 Å². The molecule has 1 atom stereocenters. The van der Waals surface area contributed by atoms with Gasteiger partial charge in [0.2, 0.25) is 15.9 Å². The van der Waals surface area contributed by atoms with Gasteiger partial charge in [0.15, 0.2) is 0 Å². The Kier molecular flexibility index (Phi) is 6.49. The lowest BCUT2D eigenvalue weighted by molar-refractivity contribution is -0.117. The number of aryl methyl sites for hydroxylation is 2. The third-order valence-electron chi connectivity index (χ3n) is 4.41. The lowest BCUT2D eigenvalue weighted by Gasteiger charge is -2.30. The zero-order chi connectivity index (χ0) is 20.2. The van der Waals surface area contributed by atoms with Gasteiger partial charge in [0, 0.05) is 11.8 Å². The van der Waals surface area contributed by atoms with E-state index in [0.29, 0.717) is 23.5 Å². The molecule has 146 valence electrons. The van der Waals surface area contributed by atoms with Crippen molar-refractivity contribution >= 4 is 27.3 Å². The summed E-state index contributed by atoms with van der Waals surface area (Å²) >= 11 is 0. The molecule has 0 radical (unpaired) electrons. The maximum Gasteiger partial charge on any atom is 0.248 e. The molecule has 6 nitrogen and oxygen atoms in total. The van der Waals surface area contributed by atoms with Crippen molar-refractivity contribution in [3.8, 4) is 5.75 Å². The van der Waals surface area contributed by atoms with Crippen LogP contribution in [0, 0.1) is 13.8 Å². The predicted molar refractivity (Wildman–Crippen MR) is 109 cm³/mol. The summed E-state index contributed by atoms with van der Waals surface area (Å²) in [5.74, 6) is 0.138. The summed E-state index contributed by atoms with van der Waals surface area (Å²) in [5.41, 5.74) is 3.20. The molecule has 0 saturated heterocycles. The first kappa shape index (κ1) is 20.8. The molecule has 2 rings (SSSR count). The minimum Gasteiger partial charge on any atom is -0.497 e. The molecule has 1 unspecified atom stereocenters. The van der Waals surface area contributed by atoms with Crippen LogP contribution >= 0.6 is 0 Å². The molecule has 0 aliphatic heterocycles. The molecule has 0 aliphatic carbocycles. The number of amides is 1. The largest absolute Gasteiger partial charge is 0.497 e. The summed E-state index contributed by atoms with van der Waals surface area (Å²) in [5, 5.41) is 2.84. The first-order chi connectivity index (χ1) is 12.7. The minimum absolute atomic E-state index is 0.320. The fourth-order valence-electron chi connectivity index (χ4n) is 2.85. The number of carbonyl (C=O) groups excluding carboxylic acids is 1. The molecule has 0 spiro atoms. The molecule has 2 aromatic carbocycles. The molecule has 2 aromatic rings. The van der Waals surface area contributed by atoms with Crippen molar-refractivity contribution in [1.82, 2.24) is 0 Å². The van der Waals surface area contributed by atoms with Crippen molar-refractivity contribution < 1.29 is 17.9 Å². The van der Waals surface area contributed by atoms with Gasteiger partial charge in [-0.25, -0.2) is 8.42 Å². The van der Waals surface area contributed by atoms with Gasteiger partial charge in [-0.15, -0.1) is 0 Å². The smallest absolute Gasteiger partial charge is 0.248 e. The van der Waals surface area contributed by atoms with E-state index >= 15 is 0 Å². The van der Waals surface area contributed by atoms with Crippen molar-refractivity contribution in [3.63, 3.8) is 0 Å². The Morgan fingerprint density at radius 1 is 1.15 bits per heavy atom. The first-order valence-corrected chi connectivity index (χ1v) is 10.5. The number of methoxy groups -OCH3 is 1. The van der Waals surface area contributed by atoms with Gasteiger partial charge in [-0.05, 0) is 55.7 Å². The van der Waals surface area contributed by atoms with E-state index in [1.54, 1.807) is 31.2 Å². The average molecular weight is 391 g/mol. The maximum absolute atomic E-state index is 12.9. The fourth-order valence-corrected chi connectivity index (χ4v) is 4.06. The van der Waals surface area contributed by atoms with Gasteiger partial charge in [-0.2, -0.15) is 0 Å². The molecule has 0 fully saturated rings. The highest BCUT2D eigenvalue weighted by atomic mass is 32.2. The van der Waals surface area contributed by atoms with Crippen LogP contribution in [-0.4, -0.2) is 33.7 Å². The minimum atomic E-state index is -3.69. The van der Waals surface area contributed by atoms with E-state index in [9.17, 15) is 13.2 Å². The van der Waals surface area contributed by atoms with E-state index in [0.717, 1.165) is 21.7 Å². The molecule has 1 amide bonds. The summed E-state index contributed by atoms with van der Waals surface area (Å²) in [6.45, 7) is 5.73.